The highest BCUT2D eigenvalue weighted by Crippen LogP contribution is 2.25. The van der Waals surface area contributed by atoms with Gasteiger partial charge in [-0.25, -0.2) is 4.79 Å². The Morgan fingerprint density at radius 2 is 1.33 bits per heavy atom. The topological polar surface area (TPSA) is 118 Å². The van der Waals surface area contributed by atoms with Gasteiger partial charge in [-0.05, 0) is 96.7 Å². The monoisotopic (exact) mass is 767 g/mol. The number of nitrogens with zero attached hydrogens (tertiary/aromatic N) is 1. The van der Waals surface area contributed by atoms with Crippen LogP contribution >= 0.6 is 23.2 Å². The molecule has 0 aromatic heterocycles. The first-order valence-electron chi connectivity index (χ1n) is 17.3. The second-order valence-corrected chi connectivity index (χ2v) is 15.0. The predicted molar refractivity (Wildman–Crippen MR) is 194 cm³/mol. The fourth-order valence-corrected chi connectivity index (χ4v) is 5.10. The van der Waals surface area contributed by atoms with Gasteiger partial charge in [-0.15, -0.1) is 0 Å². The third kappa shape index (κ3) is 18.7. The molecule has 4 rings (SSSR count). The van der Waals surface area contributed by atoms with E-state index in [1.54, 1.807) is 39.5 Å². The van der Waals surface area contributed by atoms with Crippen molar-refractivity contribution in [1.29, 1.82) is 0 Å². The van der Waals surface area contributed by atoms with Gasteiger partial charge in [0.1, 0.15) is 11.7 Å². The molecule has 0 radical (unpaired) electrons. The van der Waals surface area contributed by atoms with Gasteiger partial charge in [0.2, 0.25) is 6.29 Å². The smallest absolute Gasteiger partial charge is 0.444 e. The Bertz CT molecular complexity index is 1330. The zero-order valence-corrected chi connectivity index (χ0v) is 32.2. The van der Waals surface area contributed by atoms with E-state index in [0.717, 1.165) is 17.0 Å². The Morgan fingerprint density at radius 3 is 1.71 bits per heavy atom. The zero-order valence-electron chi connectivity index (χ0n) is 31.7. The van der Waals surface area contributed by atoms with Crippen molar-refractivity contribution in [2.45, 2.75) is 122 Å². The van der Waals surface area contributed by atoms with E-state index in [0.29, 0.717) is 44.1 Å². The van der Waals surface area contributed by atoms with E-state index in [1.165, 1.54) is 5.56 Å². The molecule has 14 heteroatoms. The summed E-state index contributed by atoms with van der Waals surface area (Å²) in [6.45, 7) is 16.7. The number of nitrogens with one attached hydrogen (secondary N) is 1. The Kier molecular flexibility index (Phi) is 18.1. The number of halogens is 5. The van der Waals surface area contributed by atoms with Crippen molar-refractivity contribution in [3.05, 3.63) is 69.7 Å². The molecule has 0 aliphatic carbocycles. The maximum absolute atomic E-state index is 12.7. The van der Waals surface area contributed by atoms with E-state index in [4.69, 9.17) is 43.6 Å². The molecule has 2 saturated heterocycles. The van der Waals surface area contributed by atoms with E-state index >= 15 is 0 Å². The van der Waals surface area contributed by atoms with Crippen molar-refractivity contribution in [2.75, 3.05) is 26.3 Å². The molecule has 290 valence electrons. The molecule has 2 aromatic rings. The molecule has 2 fully saturated rings. The largest absolute Gasteiger partial charge is 0.446 e. The maximum Gasteiger partial charge on any atom is 0.446 e. The first-order valence-corrected chi connectivity index (χ1v) is 17.4. The lowest BCUT2D eigenvalue weighted by Gasteiger charge is -2.43. The Morgan fingerprint density at radius 1 is 0.902 bits per heavy atom. The highest BCUT2D eigenvalue weighted by Gasteiger charge is 2.40. The molecule has 2 aliphatic rings. The lowest BCUT2D eigenvalue weighted by Crippen LogP contribution is -2.59. The molecule has 1 amide bonds. The molecule has 0 saturated carbocycles. The number of aliphatic hydroxyl groups is 2. The van der Waals surface area contributed by atoms with Gasteiger partial charge in [-0.3, -0.25) is 9.69 Å². The molecular formula is C37H55Cl2F3N2O7. The highest BCUT2D eigenvalue weighted by atomic mass is 35.5. The van der Waals surface area contributed by atoms with Crippen LogP contribution in [0.3, 0.4) is 0 Å². The standard InChI is InChI=1S/C19H28ClNO4.C14H20ClNO2.C2HF3O.C2H6/c1-18(2,3)25-17(22)21-11-16(19(4,5)23)24-12-15(21)10-13-6-8-14(20)9-7-13;1-14(2,17)13-8-16-12(9-18-13)7-10-3-5-11(15)6-4-10;3-2(4,5)1-6;1-2/h6-9,15-16,23H,10-12H2,1-5H3;3-6,12-13,16-17H,7-9H2,1-2H3;1H;1-2H3/t15?,16-;12?,13-;;/m11../s1/i;;;1D. The molecule has 51 heavy (non-hydrogen) atoms. The third-order valence-electron chi connectivity index (χ3n) is 7.50. The van der Waals surface area contributed by atoms with Crippen LogP contribution < -0.4 is 5.32 Å². The van der Waals surface area contributed by atoms with Crippen molar-refractivity contribution in [3.63, 3.8) is 0 Å². The first-order chi connectivity index (χ1) is 23.9. The summed E-state index contributed by atoms with van der Waals surface area (Å²) in [5, 5.41) is 25.0. The van der Waals surface area contributed by atoms with Crippen molar-refractivity contribution < 1.29 is 48.6 Å². The van der Waals surface area contributed by atoms with Gasteiger partial charge >= 0.3 is 12.3 Å². The highest BCUT2D eigenvalue weighted by molar-refractivity contribution is 6.30. The van der Waals surface area contributed by atoms with Crippen LogP contribution in [0.25, 0.3) is 0 Å². The number of carbonyl (C=O) groups is 2. The number of aldehydes is 1. The number of rotatable bonds is 6. The van der Waals surface area contributed by atoms with Crippen molar-refractivity contribution in [3.8, 4) is 0 Å². The van der Waals surface area contributed by atoms with E-state index in [-0.39, 0.29) is 24.8 Å². The minimum atomic E-state index is -4.64. The molecule has 0 bridgehead atoms. The molecule has 0 spiro atoms. The zero-order chi connectivity index (χ0) is 39.9. The molecule has 2 aliphatic heterocycles. The maximum atomic E-state index is 12.7. The van der Waals surface area contributed by atoms with Crippen LogP contribution in [-0.4, -0.2) is 101 Å². The van der Waals surface area contributed by atoms with Crippen molar-refractivity contribution >= 4 is 35.6 Å². The number of ether oxygens (including phenoxy) is 3. The van der Waals surface area contributed by atoms with Crippen molar-refractivity contribution in [1.82, 2.24) is 10.2 Å². The quantitative estimate of drug-likeness (QED) is 0.260. The van der Waals surface area contributed by atoms with Crippen LogP contribution in [0, 0.1) is 0 Å². The van der Waals surface area contributed by atoms with Gasteiger partial charge in [0.15, 0.2) is 0 Å². The van der Waals surface area contributed by atoms with Crippen molar-refractivity contribution in [2.24, 2.45) is 0 Å². The average Bonchev–Trinajstić information content (AvgIpc) is 3.02. The van der Waals surface area contributed by atoms with Gasteiger partial charge in [0, 0.05) is 24.0 Å². The van der Waals surface area contributed by atoms with Crippen LogP contribution in [0.15, 0.2) is 48.5 Å². The van der Waals surface area contributed by atoms with Crippen LogP contribution in [0.1, 0.15) is 74.8 Å². The summed E-state index contributed by atoms with van der Waals surface area (Å²) in [4.78, 5) is 23.1. The summed E-state index contributed by atoms with van der Waals surface area (Å²) in [6.07, 6.45) is -5.14. The Labute approximate surface area is 312 Å². The van der Waals surface area contributed by atoms with Gasteiger partial charge in [-0.1, -0.05) is 61.3 Å². The van der Waals surface area contributed by atoms with E-state index < -0.39 is 35.4 Å². The number of carbonyl (C=O) groups excluding carboxylic acids is 2. The SMILES string of the molecule is CC(C)(C)OC(=O)N1C[C@H](C(C)(C)O)OCC1Cc1ccc(Cl)cc1.CC(C)(O)[C@H]1CNC(Cc2ccc(Cl)cc2)CO1.O=CC(F)(F)F.[2H]CC. The number of benzene rings is 2. The Balaban J connectivity index is 0.000000435. The molecule has 3 N–H and O–H groups in total. The molecule has 2 unspecified atom stereocenters. The lowest BCUT2D eigenvalue weighted by atomic mass is 9.97. The molecular weight excluding hydrogens is 712 g/mol. The summed E-state index contributed by atoms with van der Waals surface area (Å²) in [5.74, 6) is 0. The van der Waals surface area contributed by atoms with Gasteiger partial charge in [0.05, 0.1) is 43.1 Å². The summed E-state index contributed by atoms with van der Waals surface area (Å²) in [5.41, 5.74) is -0.107. The lowest BCUT2D eigenvalue weighted by molar-refractivity contribution is -0.156. The number of alkyl halides is 3. The van der Waals surface area contributed by atoms with Crippen LogP contribution in [-0.2, 0) is 31.8 Å². The average molecular weight is 769 g/mol. The van der Waals surface area contributed by atoms with E-state index in [9.17, 15) is 28.2 Å². The van der Waals surface area contributed by atoms with E-state index in [2.05, 4.69) is 5.32 Å². The minimum absolute atomic E-state index is 0.140. The normalized spacial score (nSPS) is 21.3. The Hall–Kier alpha value is -2.45. The molecule has 9 nitrogen and oxygen atoms in total. The van der Waals surface area contributed by atoms with Gasteiger partial charge in [-0.2, -0.15) is 13.2 Å². The van der Waals surface area contributed by atoms with E-state index in [1.807, 2.05) is 69.3 Å². The minimum Gasteiger partial charge on any atom is -0.444 e. The summed E-state index contributed by atoms with van der Waals surface area (Å²) < 4.78 is 54.6. The fraction of sp³-hybridized carbons (Fsp3) is 0.622. The fourth-order valence-electron chi connectivity index (χ4n) is 4.84. The summed E-state index contributed by atoms with van der Waals surface area (Å²) in [6, 6.07) is 15.6. The summed E-state index contributed by atoms with van der Waals surface area (Å²) in [7, 11) is 0. The van der Waals surface area contributed by atoms with Gasteiger partial charge in [0.25, 0.3) is 0 Å². The second kappa shape index (κ2) is 20.7. The van der Waals surface area contributed by atoms with Gasteiger partial charge < -0.3 is 29.7 Å². The number of hydrogen-bond acceptors (Lipinski definition) is 8. The van der Waals surface area contributed by atoms with Crippen LogP contribution in [0.5, 0.6) is 0 Å². The van der Waals surface area contributed by atoms with Crippen LogP contribution in [0.4, 0.5) is 18.0 Å². The van der Waals surface area contributed by atoms with Crippen LogP contribution in [0.2, 0.25) is 10.0 Å². The molecule has 4 atom stereocenters. The molecule has 2 heterocycles. The predicted octanol–water partition coefficient (Wildman–Crippen LogP) is 7.44. The summed E-state index contributed by atoms with van der Waals surface area (Å²) >= 11 is 11.8. The second-order valence-electron chi connectivity index (χ2n) is 14.2. The molecule has 2 aromatic carbocycles. The first kappa shape index (κ1) is 44.7. The number of morpholine rings is 2. The third-order valence-corrected chi connectivity index (χ3v) is 8.01. The number of amides is 1. The number of hydrogen-bond donors (Lipinski definition) is 3.